The van der Waals surface area contributed by atoms with Crippen molar-refractivity contribution in [3.63, 3.8) is 0 Å². The predicted octanol–water partition coefficient (Wildman–Crippen LogP) is 1.07. The fourth-order valence-corrected chi connectivity index (χ4v) is 4.69. The van der Waals surface area contributed by atoms with E-state index in [-0.39, 0.29) is 23.6 Å². The van der Waals surface area contributed by atoms with Crippen molar-refractivity contribution in [2.24, 2.45) is 5.92 Å². The second kappa shape index (κ2) is 7.70. The van der Waals surface area contributed by atoms with Crippen LogP contribution in [0.15, 0.2) is 29.2 Å². The second-order valence-corrected chi connectivity index (χ2v) is 8.93. The number of amides is 5. The Bertz CT molecular complexity index is 864. The Balaban J connectivity index is 1.40. The zero-order valence-electron chi connectivity index (χ0n) is 16.3. The third-order valence-corrected chi connectivity index (χ3v) is 6.95. The maximum absolute atomic E-state index is 13.1. The Morgan fingerprint density at radius 1 is 1.10 bits per heavy atom. The highest BCUT2D eigenvalue weighted by Crippen LogP contribution is 2.32. The van der Waals surface area contributed by atoms with Crippen molar-refractivity contribution in [3.8, 4) is 0 Å². The van der Waals surface area contributed by atoms with E-state index in [1.54, 1.807) is 17.9 Å². The molecule has 0 aromatic heterocycles. The van der Waals surface area contributed by atoms with Crippen LogP contribution in [0.5, 0.6) is 0 Å². The summed E-state index contributed by atoms with van der Waals surface area (Å²) in [6.45, 7) is 3.85. The van der Waals surface area contributed by atoms with Gasteiger partial charge in [-0.05, 0) is 31.9 Å². The highest BCUT2D eigenvalue weighted by molar-refractivity contribution is 7.99. The lowest BCUT2D eigenvalue weighted by Gasteiger charge is -2.35. The molecular weight excluding hydrogens is 392 g/mol. The first-order valence-corrected chi connectivity index (χ1v) is 10.8. The Labute approximate surface area is 173 Å². The van der Waals surface area contributed by atoms with Gasteiger partial charge in [0.25, 0.3) is 11.8 Å². The zero-order chi connectivity index (χ0) is 20.6. The van der Waals surface area contributed by atoms with Crippen LogP contribution in [0.2, 0.25) is 0 Å². The fourth-order valence-electron chi connectivity index (χ4n) is 3.56. The maximum Gasteiger partial charge on any atom is 0.322 e. The van der Waals surface area contributed by atoms with Crippen molar-refractivity contribution in [2.45, 2.75) is 30.2 Å². The average Bonchev–Trinajstić information content (AvgIpc) is 3.53. The van der Waals surface area contributed by atoms with Gasteiger partial charge in [-0.3, -0.25) is 19.7 Å². The molecule has 1 atom stereocenters. The van der Waals surface area contributed by atoms with Crippen LogP contribution in [0.25, 0.3) is 0 Å². The first kappa shape index (κ1) is 19.8. The molecule has 5 amide bonds. The molecule has 1 aromatic rings. The van der Waals surface area contributed by atoms with Crippen LogP contribution in [0.4, 0.5) is 4.79 Å². The Morgan fingerprint density at radius 2 is 1.76 bits per heavy atom. The molecule has 2 aliphatic heterocycles. The van der Waals surface area contributed by atoms with E-state index >= 15 is 0 Å². The van der Waals surface area contributed by atoms with Crippen LogP contribution < -0.4 is 10.6 Å². The second-order valence-electron chi connectivity index (χ2n) is 7.92. The summed E-state index contributed by atoms with van der Waals surface area (Å²) in [5.41, 5.74) is -0.431. The molecule has 1 saturated carbocycles. The maximum atomic E-state index is 13.1. The number of hydrogen-bond donors (Lipinski definition) is 2. The Hall–Kier alpha value is -2.55. The fraction of sp³-hybridized carbons (Fsp3) is 0.500. The van der Waals surface area contributed by atoms with Crippen LogP contribution in [-0.4, -0.2) is 71.0 Å². The number of imide groups is 1. The van der Waals surface area contributed by atoms with Crippen LogP contribution in [0.1, 0.15) is 30.1 Å². The van der Waals surface area contributed by atoms with Crippen molar-refractivity contribution in [1.82, 2.24) is 20.4 Å². The van der Waals surface area contributed by atoms with Gasteiger partial charge in [-0.15, -0.1) is 11.8 Å². The standard InChI is InChI=1S/C20H24N4O4S/c1-20(18(27)21-19(28)22-20)12-29-15-5-3-2-4-14(15)17(26)24-10-8-23(9-11-24)16(25)13-6-7-13/h2-5,13H,6-12H2,1H3,(H2,21,22,27,28)/t20-/m0/s1. The van der Waals surface area contributed by atoms with Gasteiger partial charge in [0.15, 0.2) is 0 Å². The lowest BCUT2D eigenvalue weighted by atomic mass is 10.1. The molecule has 3 fully saturated rings. The van der Waals surface area contributed by atoms with E-state index in [1.165, 1.54) is 11.8 Å². The van der Waals surface area contributed by atoms with E-state index < -0.39 is 11.6 Å². The summed E-state index contributed by atoms with van der Waals surface area (Å²) in [4.78, 5) is 53.2. The molecule has 2 N–H and O–H groups in total. The third-order valence-electron chi connectivity index (χ3n) is 5.56. The summed E-state index contributed by atoms with van der Waals surface area (Å²) in [6.07, 6.45) is 1.97. The lowest BCUT2D eigenvalue weighted by molar-refractivity contribution is -0.134. The van der Waals surface area contributed by atoms with E-state index in [1.807, 2.05) is 23.1 Å². The molecule has 0 unspecified atom stereocenters. The molecule has 0 spiro atoms. The normalized spacial score (nSPS) is 24.3. The van der Waals surface area contributed by atoms with E-state index in [0.717, 1.165) is 17.7 Å². The molecule has 0 radical (unpaired) electrons. The predicted molar refractivity (Wildman–Crippen MR) is 107 cm³/mol. The largest absolute Gasteiger partial charge is 0.339 e. The topological polar surface area (TPSA) is 98.8 Å². The quantitative estimate of drug-likeness (QED) is 0.553. The molecule has 3 aliphatic rings. The summed E-state index contributed by atoms with van der Waals surface area (Å²) in [5, 5.41) is 4.89. The number of piperazine rings is 1. The number of hydrogen-bond acceptors (Lipinski definition) is 5. The number of nitrogens with zero attached hydrogens (tertiary/aromatic N) is 2. The highest BCUT2D eigenvalue weighted by atomic mass is 32.2. The van der Waals surface area contributed by atoms with Crippen molar-refractivity contribution in [2.75, 3.05) is 31.9 Å². The minimum Gasteiger partial charge on any atom is -0.339 e. The van der Waals surface area contributed by atoms with Gasteiger partial charge < -0.3 is 15.1 Å². The first-order valence-electron chi connectivity index (χ1n) is 9.81. The third kappa shape index (κ3) is 4.10. The summed E-state index contributed by atoms with van der Waals surface area (Å²) in [5.74, 6) is 0.299. The molecular formula is C20H24N4O4S. The highest BCUT2D eigenvalue weighted by Gasteiger charge is 2.42. The van der Waals surface area contributed by atoms with Crippen molar-refractivity contribution in [3.05, 3.63) is 29.8 Å². The summed E-state index contributed by atoms with van der Waals surface area (Å²) >= 11 is 1.37. The van der Waals surface area contributed by atoms with E-state index in [9.17, 15) is 19.2 Å². The molecule has 2 heterocycles. The molecule has 1 aliphatic carbocycles. The monoisotopic (exact) mass is 416 g/mol. The van der Waals surface area contributed by atoms with Gasteiger partial charge in [-0.25, -0.2) is 4.79 Å². The summed E-state index contributed by atoms with van der Waals surface area (Å²) in [7, 11) is 0. The molecule has 4 rings (SSSR count). The Kier molecular flexibility index (Phi) is 5.24. The number of benzene rings is 1. The van der Waals surface area contributed by atoms with Gasteiger partial charge in [0, 0.05) is 42.7 Å². The number of carbonyl (C=O) groups excluding carboxylic acids is 4. The van der Waals surface area contributed by atoms with Gasteiger partial charge in [0.05, 0.1) is 5.56 Å². The van der Waals surface area contributed by atoms with Gasteiger partial charge in [-0.1, -0.05) is 12.1 Å². The molecule has 8 nitrogen and oxygen atoms in total. The van der Waals surface area contributed by atoms with E-state index in [2.05, 4.69) is 10.6 Å². The first-order chi connectivity index (χ1) is 13.9. The zero-order valence-corrected chi connectivity index (χ0v) is 17.1. The van der Waals surface area contributed by atoms with Gasteiger partial charge in [0.2, 0.25) is 5.91 Å². The molecule has 1 aromatic carbocycles. The lowest BCUT2D eigenvalue weighted by Crippen LogP contribution is -2.51. The number of carbonyl (C=O) groups is 4. The molecule has 154 valence electrons. The van der Waals surface area contributed by atoms with E-state index in [4.69, 9.17) is 0 Å². The summed E-state index contributed by atoms with van der Waals surface area (Å²) < 4.78 is 0. The summed E-state index contributed by atoms with van der Waals surface area (Å²) in [6, 6.07) is 6.79. The minimum atomic E-state index is -1.01. The number of nitrogens with one attached hydrogen (secondary N) is 2. The molecule has 29 heavy (non-hydrogen) atoms. The van der Waals surface area contributed by atoms with Gasteiger partial charge in [0.1, 0.15) is 5.54 Å². The number of urea groups is 1. The van der Waals surface area contributed by atoms with Gasteiger partial charge >= 0.3 is 6.03 Å². The average molecular weight is 417 g/mol. The number of rotatable bonds is 5. The van der Waals surface area contributed by atoms with Crippen LogP contribution in [0, 0.1) is 5.92 Å². The minimum absolute atomic E-state index is 0.0725. The molecule has 2 saturated heterocycles. The van der Waals surface area contributed by atoms with Crippen LogP contribution >= 0.6 is 11.8 Å². The molecule has 0 bridgehead atoms. The number of thioether (sulfide) groups is 1. The van der Waals surface area contributed by atoms with Gasteiger partial charge in [-0.2, -0.15) is 0 Å². The van der Waals surface area contributed by atoms with Crippen molar-refractivity contribution < 1.29 is 19.2 Å². The smallest absolute Gasteiger partial charge is 0.322 e. The molecule has 9 heteroatoms. The Morgan fingerprint density at radius 3 is 2.38 bits per heavy atom. The van der Waals surface area contributed by atoms with E-state index in [0.29, 0.717) is 37.5 Å². The SMILES string of the molecule is C[C@@]1(CSc2ccccc2C(=O)N2CCN(C(=O)C3CC3)CC2)NC(=O)NC1=O. The van der Waals surface area contributed by atoms with Crippen molar-refractivity contribution >= 4 is 35.5 Å². The van der Waals surface area contributed by atoms with Crippen molar-refractivity contribution in [1.29, 1.82) is 0 Å². The van der Waals surface area contributed by atoms with Crippen LogP contribution in [0.3, 0.4) is 0 Å². The van der Waals surface area contributed by atoms with Crippen LogP contribution in [-0.2, 0) is 9.59 Å².